The molecule has 0 aromatic heterocycles. The Morgan fingerprint density at radius 2 is 1.05 bits per heavy atom. The largest absolute Gasteiger partial charge is 0.359 e. The van der Waals surface area contributed by atoms with Gasteiger partial charge in [-0.05, 0) is 69.8 Å². The first-order chi connectivity index (χ1) is 50.1. The van der Waals surface area contributed by atoms with Crippen LogP contribution in [0.15, 0.2) is 0 Å². The zero-order chi connectivity index (χ0) is 82.6. The van der Waals surface area contributed by atoms with Gasteiger partial charge in [0.15, 0.2) is 0 Å². The van der Waals surface area contributed by atoms with Gasteiger partial charge in [-0.2, -0.15) is 0 Å². The van der Waals surface area contributed by atoms with Crippen molar-refractivity contribution < 1.29 is 71.9 Å². The molecule has 9 atom stereocenters. The highest BCUT2D eigenvalue weighted by Crippen LogP contribution is 2.29. The Labute approximate surface area is 696 Å². The van der Waals surface area contributed by atoms with E-state index in [0.717, 1.165) is 64.3 Å². The second kappa shape index (κ2) is 81.3. The third-order valence-corrected chi connectivity index (χ3v) is 17.1. The molecule has 0 aromatic rings. The molecule has 9 unspecified atom stereocenters. The summed E-state index contributed by atoms with van der Waals surface area (Å²) in [7, 11) is 55.5. The molecule has 113 heavy (non-hydrogen) atoms. The maximum absolute atomic E-state index is 11.7. The summed E-state index contributed by atoms with van der Waals surface area (Å²) < 4.78 is 0. The molecule has 0 spiro atoms. The van der Waals surface area contributed by atoms with Gasteiger partial charge >= 0.3 is 0 Å². The van der Waals surface area contributed by atoms with Crippen LogP contribution in [0.2, 0.25) is 43.7 Å². The lowest BCUT2D eigenvalue weighted by molar-refractivity contribution is -0.134. The summed E-state index contributed by atoms with van der Waals surface area (Å²) in [6.07, 6.45) is 11.2. The predicted molar refractivity (Wildman–Crippen MR) is 468 cm³/mol. The summed E-state index contributed by atoms with van der Waals surface area (Å²) in [5.74, 6) is -1.98. The first kappa shape index (κ1) is 132. The third kappa shape index (κ3) is 60.0. The fourth-order valence-corrected chi connectivity index (χ4v) is 10.0. The van der Waals surface area contributed by atoms with E-state index in [1.807, 2.05) is 27.7 Å². The van der Waals surface area contributed by atoms with E-state index < -0.39 is 5.82 Å². The molecule has 37 heteroatoms. The predicted octanol–water partition coefficient (Wildman–Crippen LogP) is 3.70. The Bertz CT molecular complexity index is 2580. The fourth-order valence-electron chi connectivity index (χ4n) is 10.0. The Morgan fingerprint density at radius 3 is 1.46 bits per heavy atom. The minimum atomic E-state index is -0.665. The lowest BCUT2D eigenvalue weighted by Crippen LogP contribution is -2.39. The molecule has 0 aliphatic carbocycles. The van der Waals surface area contributed by atoms with E-state index in [9.17, 15) is 71.9 Å². The van der Waals surface area contributed by atoms with Crippen molar-refractivity contribution in [1.29, 1.82) is 0 Å². The highest BCUT2D eigenvalue weighted by Gasteiger charge is 2.40. The Kier molecular flexibility index (Phi) is 95.0. The quantitative estimate of drug-likeness (QED) is 0.0415. The molecule has 0 aromatic carbocycles. The van der Waals surface area contributed by atoms with E-state index in [4.69, 9.17) is 62.8 Å². The van der Waals surface area contributed by atoms with Crippen molar-refractivity contribution in [2.75, 3.05) is 122 Å². The van der Waals surface area contributed by atoms with E-state index in [2.05, 4.69) is 61.7 Å². The number of hydrogen-bond donors (Lipinski definition) is 9. The highest BCUT2D eigenvalue weighted by molar-refractivity contribution is 6.26. The van der Waals surface area contributed by atoms with Gasteiger partial charge in [-0.3, -0.25) is 67.1 Å². The van der Waals surface area contributed by atoms with Crippen molar-refractivity contribution in [3.8, 4) is 0 Å². The van der Waals surface area contributed by atoms with Crippen molar-refractivity contribution in [2.24, 2.45) is 41.4 Å². The van der Waals surface area contributed by atoms with Gasteiger partial charge in [0.1, 0.15) is 5.78 Å². The summed E-state index contributed by atoms with van der Waals surface area (Å²) in [5.41, 5.74) is 0. The van der Waals surface area contributed by atoms with Crippen LogP contribution in [-0.2, 0) is 71.9 Å². The number of likely N-dealkylation sites (N-methyl/N-ethyl adjacent to an activating group) is 3. The molecule has 9 N–H and O–H groups in total. The van der Waals surface area contributed by atoms with Gasteiger partial charge in [0.05, 0.1) is 94.2 Å². The number of Topliss-reactive ketones (excluding diaryl/α,β-unsaturated/α-hetero) is 1. The number of likely N-dealkylation sites (tertiary alicyclic amines) is 3. The van der Waals surface area contributed by atoms with Gasteiger partial charge in [0, 0.05) is 151 Å². The molecular formula is C76H152B8N14O15. The van der Waals surface area contributed by atoms with Crippen LogP contribution in [0.1, 0.15) is 191 Å². The number of nitrogens with zero attached hydrogens (tertiary/aromatic N) is 5. The molecule has 0 saturated carbocycles. The van der Waals surface area contributed by atoms with Crippen molar-refractivity contribution >= 4 is 151 Å². The number of nitrogens with one attached hydrogen (secondary N) is 9. The van der Waals surface area contributed by atoms with Crippen molar-refractivity contribution in [1.82, 2.24) is 72.4 Å². The molecule has 3 aliphatic heterocycles. The SMILES string of the molecule is C.C.C.C.C.C.C.[B]C1C(=O)N(CCC)CC1C(=O)NC.[B]CC(=O)C(CCC)CC(=O)NC.[B]CC(=O)N(CCC)CC(=O)NC.[B]CC(=O)N1CC(CC)CC1CC(=O)NC.[B]CC(C)C(=O)N1CCC(C(=O)NC)C1.[B]CC(C)C(=O)NCC(=O)NC.[B]CC(C)CCCC(=O)NC.[B]CN(CC(=O)NC)C(=O)CC. The molecule has 3 aliphatic rings. The van der Waals surface area contributed by atoms with E-state index in [-0.39, 0.29) is 228 Å². The van der Waals surface area contributed by atoms with Crippen LogP contribution in [-0.4, -0.2) is 304 Å². The third-order valence-electron chi connectivity index (χ3n) is 17.1. The maximum atomic E-state index is 11.7. The Morgan fingerprint density at radius 1 is 0.540 bits per heavy atom. The number of ketones is 1. The summed E-state index contributed by atoms with van der Waals surface area (Å²) in [5, 5.41) is 22.5. The normalized spacial score (nSPS) is 15.7. The summed E-state index contributed by atoms with van der Waals surface area (Å²) in [4.78, 5) is 176. The van der Waals surface area contributed by atoms with E-state index in [1.165, 1.54) is 23.9 Å². The summed E-state index contributed by atoms with van der Waals surface area (Å²) >= 11 is 0. The molecule has 16 radical (unpaired) electrons. The fraction of sp³-hybridized carbons (Fsp3) is 0.803. The van der Waals surface area contributed by atoms with Crippen LogP contribution in [0.25, 0.3) is 0 Å². The monoisotopic (exact) mass is 1590 g/mol. The summed E-state index contributed by atoms with van der Waals surface area (Å²) in [6.45, 7) is 19.2. The molecule has 0 bridgehead atoms. The maximum Gasteiger partial charge on any atom is 0.239 e. The first-order valence-electron chi connectivity index (χ1n) is 36.7. The van der Waals surface area contributed by atoms with Gasteiger partial charge in [-0.25, -0.2) is 0 Å². The van der Waals surface area contributed by atoms with Gasteiger partial charge in [0.25, 0.3) is 0 Å². The van der Waals surface area contributed by atoms with Gasteiger partial charge in [-0.1, -0.05) is 152 Å². The zero-order valence-electron chi connectivity index (χ0n) is 66.7. The molecule has 3 fully saturated rings. The van der Waals surface area contributed by atoms with Crippen molar-refractivity contribution in [2.45, 2.75) is 241 Å². The number of amides is 14. The number of hydrogen-bond acceptors (Lipinski definition) is 15. The average molecular weight is 1590 g/mol. The molecule has 3 saturated heterocycles. The number of carbonyl (C=O) groups excluding carboxylic acids is 15. The second-order valence-corrected chi connectivity index (χ2v) is 25.3. The first-order valence-corrected chi connectivity index (χ1v) is 36.7. The number of carbonyl (C=O) groups is 15. The van der Waals surface area contributed by atoms with Crippen LogP contribution >= 0.6 is 0 Å². The molecule has 3 heterocycles. The lowest BCUT2D eigenvalue weighted by atomic mass is 9.78. The standard InChI is InChI=1S/C11H19BN2O2.C10H17BN2O2.C9H15BN2O2.C9H16BNO2.C8H15BN2O2.C8H16BNO.2C7H13BN2O2.7CH4/c1-3-8-4-9(5-10(15)13-2)14(7-8)11(16)6-12;1-7(5-11)10(15)13-4-3-8(6-13)9(14)12-2;1-3-4-12-5-6(8(13)11-2)7(10)9(12)14;1-3-4-7(8(12)6-10)5-9(13)11-2;1-3-4-11(8(13)5-9)6-7(12)10-2;1-7(6-9)4-3-5-8(11)10-2;1-5(3-8)7(12)10-4-6(11)9-2;1-3-7(12)10(5-8)4-6(11)9-2;;;;;;;/h8-9H,3-7H2,1-2H3,(H,13,15);7-8H,3-6H2,1-2H3,(H,12,14);6-7H,3-5H2,1-2H3,(H,11,13);7H,3-6H2,1-2H3,(H,11,13);3-6H2,1-2H3,(H,10,12);7H,3-6H2,1-2H3,(H,10,11);5H,3-4H2,1-2H3,(H,9,11)(H,10,12);3-5H2,1-2H3,(H,9,11);7*1H4. The van der Waals surface area contributed by atoms with Crippen LogP contribution in [0.3, 0.4) is 0 Å². The topological polar surface area (TPSA) is 381 Å². The van der Waals surface area contributed by atoms with Gasteiger partial charge in [-0.15, -0.1) is 0 Å². The van der Waals surface area contributed by atoms with Crippen molar-refractivity contribution in [3.63, 3.8) is 0 Å². The lowest BCUT2D eigenvalue weighted by Gasteiger charge is -2.23. The molecule has 14 amide bonds. The summed E-state index contributed by atoms with van der Waals surface area (Å²) in [6, 6.07) is 0.0287. The van der Waals surface area contributed by atoms with Crippen LogP contribution in [0.4, 0.5) is 0 Å². The van der Waals surface area contributed by atoms with Gasteiger partial charge < -0.3 is 77.1 Å². The van der Waals surface area contributed by atoms with E-state index >= 15 is 0 Å². The molecule has 640 valence electrons. The zero-order valence-corrected chi connectivity index (χ0v) is 66.7. The van der Waals surface area contributed by atoms with Crippen LogP contribution in [0, 0.1) is 41.4 Å². The highest BCUT2D eigenvalue weighted by atomic mass is 16.2. The van der Waals surface area contributed by atoms with Gasteiger partial charge in [0.2, 0.25) is 82.7 Å². The minimum absolute atomic E-state index is 0. The second-order valence-electron chi connectivity index (χ2n) is 25.3. The molecule has 29 nitrogen and oxygen atoms in total. The molecular weight excluding hydrogens is 1440 g/mol. The number of rotatable bonds is 34. The average Bonchev–Trinajstić information content (AvgIpc) is 1.75. The van der Waals surface area contributed by atoms with Crippen molar-refractivity contribution in [3.05, 3.63) is 0 Å². The van der Waals surface area contributed by atoms with Crippen LogP contribution in [0.5, 0.6) is 0 Å². The smallest absolute Gasteiger partial charge is 0.239 e. The Balaban J connectivity index is -0.000000103. The van der Waals surface area contributed by atoms with E-state index in [0.29, 0.717) is 82.8 Å². The van der Waals surface area contributed by atoms with Crippen LogP contribution < -0.4 is 47.9 Å². The van der Waals surface area contributed by atoms with E-state index in [1.54, 1.807) is 70.8 Å². The Hall–Kier alpha value is -7.23. The molecule has 3 rings (SSSR count). The minimum Gasteiger partial charge on any atom is -0.359 e.